The number of Topliss-reactive ketones (excluding diaryl/α,β-unsaturated/α-hetero) is 1. The Morgan fingerprint density at radius 2 is 1.96 bits per heavy atom. The summed E-state index contributed by atoms with van der Waals surface area (Å²) in [5, 5.41) is 11.6. The van der Waals surface area contributed by atoms with Crippen molar-refractivity contribution in [3.05, 3.63) is 0 Å². The Kier molecular flexibility index (Phi) is 5.15. The van der Waals surface area contributed by atoms with Gasteiger partial charge in [0, 0.05) is 13.0 Å². The van der Waals surface area contributed by atoms with E-state index in [0.717, 1.165) is 44.9 Å². The van der Waals surface area contributed by atoms with Crippen LogP contribution in [0.5, 0.6) is 0 Å². The summed E-state index contributed by atoms with van der Waals surface area (Å²) in [5.74, 6) is 1.59. The van der Waals surface area contributed by atoms with E-state index >= 15 is 0 Å². The minimum Gasteiger partial charge on any atom is -0.465 e. The van der Waals surface area contributed by atoms with Crippen molar-refractivity contribution in [3.63, 3.8) is 0 Å². The Morgan fingerprint density at radius 3 is 2.71 bits per heavy atom. The van der Waals surface area contributed by atoms with Crippen LogP contribution in [0.15, 0.2) is 0 Å². The SMILES string of the molecule is C[C@@H]1C[C@@]2(O)CCCC[C@]2(C)[C@H]2CC[C@]3(COC(=O)CCN)C(=O)CC[C@H]3[C@H]12. The molecule has 158 valence electrons. The Balaban J connectivity index is 1.62. The quantitative estimate of drug-likeness (QED) is 0.718. The second kappa shape index (κ2) is 7.09. The fourth-order valence-electron chi connectivity index (χ4n) is 7.95. The highest BCUT2D eigenvalue weighted by Gasteiger charge is 2.66. The third-order valence-corrected chi connectivity index (χ3v) is 9.35. The number of nitrogens with two attached hydrogens (primary N) is 1. The maximum atomic E-state index is 13.0. The van der Waals surface area contributed by atoms with Gasteiger partial charge in [-0.15, -0.1) is 0 Å². The highest BCUT2D eigenvalue weighted by atomic mass is 16.5. The molecule has 0 saturated heterocycles. The van der Waals surface area contributed by atoms with E-state index in [0.29, 0.717) is 30.0 Å². The zero-order valence-corrected chi connectivity index (χ0v) is 17.5. The van der Waals surface area contributed by atoms with Crippen molar-refractivity contribution in [2.75, 3.05) is 13.2 Å². The van der Waals surface area contributed by atoms with Gasteiger partial charge in [-0.3, -0.25) is 9.59 Å². The maximum Gasteiger partial charge on any atom is 0.307 e. The predicted molar refractivity (Wildman–Crippen MR) is 106 cm³/mol. The molecule has 4 fully saturated rings. The van der Waals surface area contributed by atoms with E-state index in [1.165, 1.54) is 6.42 Å². The molecule has 0 unspecified atom stereocenters. The fraction of sp³-hybridized carbons (Fsp3) is 0.913. The van der Waals surface area contributed by atoms with Gasteiger partial charge in [0.15, 0.2) is 0 Å². The van der Waals surface area contributed by atoms with Gasteiger partial charge in [0.05, 0.1) is 17.4 Å². The first-order chi connectivity index (χ1) is 13.3. The van der Waals surface area contributed by atoms with Crippen LogP contribution >= 0.6 is 0 Å². The Morgan fingerprint density at radius 1 is 1.21 bits per heavy atom. The molecule has 0 aliphatic heterocycles. The van der Waals surface area contributed by atoms with E-state index in [4.69, 9.17) is 10.5 Å². The summed E-state index contributed by atoms with van der Waals surface area (Å²) in [5.41, 5.74) is 4.38. The van der Waals surface area contributed by atoms with Crippen LogP contribution < -0.4 is 5.73 Å². The fourth-order valence-corrected chi connectivity index (χ4v) is 7.95. The van der Waals surface area contributed by atoms with Crippen molar-refractivity contribution in [1.29, 1.82) is 0 Å². The van der Waals surface area contributed by atoms with Gasteiger partial charge in [0.1, 0.15) is 12.4 Å². The van der Waals surface area contributed by atoms with Crippen LogP contribution in [0.25, 0.3) is 0 Å². The summed E-state index contributed by atoms with van der Waals surface area (Å²) < 4.78 is 5.57. The van der Waals surface area contributed by atoms with Crippen molar-refractivity contribution in [2.45, 2.75) is 83.7 Å². The Hall–Kier alpha value is -0.940. The van der Waals surface area contributed by atoms with Gasteiger partial charge in [-0.1, -0.05) is 26.7 Å². The normalized spacial score (nSPS) is 47.8. The molecule has 4 saturated carbocycles. The molecule has 28 heavy (non-hydrogen) atoms. The lowest BCUT2D eigenvalue weighted by Crippen LogP contribution is -2.64. The lowest BCUT2D eigenvalue weighted by Gasteiger charge is -2.64. The average Bonchev–Trinajstić information content (AvgIpc) is 2.98. The van der Waals surface area contributed by atoms with Gasteiger partial charge in [0.2, 0.25) is 0 Å². The summed E-state index contributed by atoms with van der Waals surface area (Å²) >= 11 is 0. The second-order valence-corrected chi connectivity index (χ2v) is 10.5. The predicted octanol–water partition coefficient (Wildman–Crippen LogP) is 3.22. The molecular formula is C23H37NO4. The van der Waals surface area contributed by atoms with Gasteiger partial charge in [-0.05, 0) is 67.6 Å². The summed E-state index contributed by atoms with van der Waals surface area (Å²) in [6.45, 7) is 5.11. The van der Waals surface area contributed by atoms with Crippen LogP contribution in [0.2, 0.25) is 0 Å². The van der Waals surface area contributed by atoms with Gasteiger partial charge >= 0.3 is 5.97 Å². The molecule has 0 amide bonds. The molecule has 5 nitrogen and oxygen atoms in total. The Labute approximate surface area is 168 Å². The van der Waals surface area contributed by atoms with Crippen LogP contribution in [0.4, 0.5) is 0 Å². The van der Waals surface area contributed by atoms with E-state index < -0.39 is 11.0 Å². The van der Waals surface area contributed by atoms with E-state index in [1.807, 2.05) is 0 Å². The molecule has 5 heteroatoms. The minimum atomic E-state index is -0.554. The first-order valence-electron chi connectivity index (χ1n) is 11.4. The van der Waals surface area contributed by atoms with E-state index in [1.54, 1.807) is 0 Å². The molecule has 4 rings (SSSR count). The molecule has 7 atom stereocenters. The van der Waals surface area contributed by atoms with Gasteiger partial charge < -0.3 is 15.6 Å². The van der Waals surface area contributed by atoms with Crippen LogP contribution in [-0.4, -0.2) is 35.6 Å². The molecule has 4 aliphatic rings. The number of hydrogen-bond donors (Lipinski definition) is 2. The number of fused-ring (bicyclic) bond motifs is 5. The molecule has 0 radical (unpaired) electrons. The topological polar surface area (TPSA) is 89.6 Å². The molecule has 0 bridgehead atoms. The molecule has 0 aromatic heterocycles. The minimum absolute atomic E-state index is 0.0452. The highest BCUT2D eigenvalue weighted by Crippen LogP contribution is 2.68. The Bertz CT molecular complexity index is 651. The van der Waals surface area contributed by atoms with E-state index in [9.17, 15) is 14.7 Å². The summed E-state index contributed by atoms with van der Waals surface area (Å²) in [4.78, 5) is 25.0. The van der Waals surface area contributed by atoms with Crippen LogP contribution in [0, 0.1) is 34.5 Å². The van der Waals surface area contributed by atoms with Crippen LogP contribution in [-0.2, 0) is 14.3 Å². The molecule has 0 aromatic carbocycles. The molecule has 0 aromatic rings. The molecule has 0 heterocycles. The zero-order valence-electron chi connectivity index (χ0n) is 17.5. The number of ether oxygens (including phenoxy) is 1. The molecule has 0 spiro atoms. The van der Waals surface area contributed by atoms with Gasteiger partial charge in [-0.25, -0.2) is 0 Å². The van der Waals surface area contributed by atoms with Crippen molar-refractivity contribution >= 4 is 11.8 Å². The number of rotatable bonds is 4. The molecular weight excluding hydrogens is 354 g/mol. The highest BCUT2D eigenvalue weighted by molar-refractivity contribution is 5.88. The molecule has 4 aliphatic carbocycles. The number of carbonyl (C=O) groups is 2. The maximum absolute atomic E-state index is 13.0. The van der Waals surface area contributed by atoms with Crippen molar-refractivity contribution < 1.29 is 19.4 Å². The number of aliphatic hydroxyl groups is 1. The van der Waals surface area contributed by atoms with Crippen LogP contribution in [0.3, 0.4) is 0 Å². The lowest BCUT2D eigenvalue weighted by molar-refractivity contribution is -0.222. The van der Waals surface area contributed by atoms with E-state index in [-0.39, 0.29) is 36.9 Å². The summed E-state index contributed by atoms with van der Waals surface area (Å²) in [7, 11) is 0. The smallest absolute Gasteiger partial charge is 0.307 e. The van der Waals surface area contributed by atoms with Gasteiger partial charge in [-0.2, -0.15) is 0 Å². The van der Waals surface area contributed by atoms with Crippen molar-refractivity contribution in [2.24, 2.45) is 40.2 Å². The average molecular weight is 392 g/mol. The van der Waals surface area contributed by atoms with Crippen LogP contribution in [0.1, 0.15) is 78.1 Å². The largest absolute Gasteiger partial charge is 0.465 e. The number of carbonyl (C=O) groups excluding carboxylic acids is 2. The number of hydrogen-bond acceptors (Lipinski definition) is 5. The lowest BCUT2D eigenvalue weighted by atomic mass is 9.41. The summed E-state index contributed by atoms with van der Waals surface area (Å²) in [6, 6.07) is 0. The van der Waals surface area contributed by atoms with Gasteiger partial charge in [0.25, 0.3) is 0 Å². The molecule has 3 N–H and O–H groups in total. The third kappa shape index (κ3) is 2.79. The first kappa shape index (κ1) is 20.3. The third-order valence-electron chi connectivity index (χ3n) is 9.35. The zero-order chi connectivity index (χ0) is 20.2. The first-order valence-corrected chi connectivity index (χ1v) is 11.4. The number of esters is 1. The monoisotopic (exact) mass is 391 g/mol. The van der Waals surface area contributed by atoms with E-state index in [2.05, 4.69) is 13.8 Å². The summed E-state index contributed by atoms with van der Waals surface area (Å²) in [6.07, 6.45) is 8.67. The van der Waals surface area contributed by atoms with Crippen molar-refractivity contribution in [1.82, 2.24) is 0 Å². The second-order valence-electron chi connectivity index (χ2n) is 10.5. The van der Waals surface area contributed by atoms with Crippen molar-refractivity contribution in [3.8, 4) is 0 Å². The standard InChI is InChI=1S/C23H37NO4/c1-15-13-23(27)10-4-3-9-21(23,2)16-7-11-22(14-28-19(26)8-12-24)17(20(15)16)5-6-18(22)25/h15-17,20,27H,3-14,24H2,1-2H3/t15-,16+,17+,20-,21-,22-,23+/m1/s1. The number of ketones is 1.